The number of nitrogens with zero attached hydrogens (tertiary/aromatic N) is 1. The summed E-state index contributed by atoms with van der Waals surface area (Å²) >= 11 is 0.829. The summed E-state index contributed by atoms with van der Waals surface area (Å²) in [7, 11) is 0. The summed E-state index contributed by atoms with van der Waals surface area (Å²) in [5, 5.41) is 1.85. The van der Waals surface area contributed by atoms with Gasteiger partial charge in [0.05, 0.1) is 11.4 Å². The van der Waals surface area contributed by atoms with Crippen LogP contribution >= 0.6 is 11.8 Å². The number of rotatable bonds is 7. The SMILES string of the molecule is O=C(CN1C(=O)S/C(=C\c2ccccc2OCc2ccc3ccccc3c2)C1=O)c1ccccc1. The highest BCUT2D eigenvalue weighted by Gasteiger charge is 2.36. The molecule has 5 nitrogen and oxygen atoms in total. The number of fused-ring (bicyclic) bond motifs is 1. The average molecular weight is 480 g/mol. The smallest absolute Gasteiger partial charge is 0.293 e. The van der Waals surface area contributed by atoms with E-state index in [1.165, 1.54) is 0 Å². The molecule has 0 atom stereocenters. The van der Waals surface area contributed by atoms with Gasteiger partial charge in [-0.25, -0.2) is 0 Å². The first kappa shape index (κ1) is 22.6. The molecule has 0 N–H and O–H groups in total. The molecule has 1 heterocycles. The van der Waals surface area contributed by atoms with Gasteiger partial charge in [-0.15, -0.1) is 0 Å². The van der Waals surface area contributed by atoms with Crippen molar-refractivity contribution in [2.45, 2.75) is 6.61 Å². The molecule has 4 aromatic rings. The van der Waals surface area contributed by atoms with Crippen LogP contribution in [0.5, 0.6) is 5.75 Å². The number of benzene rings is 4. The van der Waals surface area contributed by atoms with Gasteiger partial charge in [-0.2, -0.15) is 0 Å². The summed E-state index contributed by atoms with van der Waals surface area (Å²) in [5.74, 6) is -0.158. The molecule has 0 bridgehead atoms. The maximum atomic E-state index is 12.9. The van der Waals surface area contributed by atoms with Gasteiger partial charge in [0, 0.05) is 11.1 Å². The van der Waals surface area contributed by atoms with Crippen molar-refractivity contribution >= 4 is 45.5 Å². The monoisotopic (exact) mass is 479 g/mol. The first-order valence-electron chi connectivity index (χ1n) is 11.1. The molecule has 1 aliphatic rings. The van der Waals surface area contributed by atoms with Crippen LogP contribution in [0.1, 0.15) is 21.5 Å². The van der Waals surface area contributed by atoms with Gasteiger partial charge in [-0.3, -0.25) is 19.3 Å². The Kier molecular flexibility index (Phi) is 6.46. The van der Waals surface area contributed by atoms with E-state index >= 15 is 0 Å². The first-order valence-corrected chi connectivity index (χ1v) is 11.9. The quantitative estimate of drug-likeness (QED) is 0.229. The van der Waals surface area contributed by atoms with Crippen LogP contribution in [-0.2, 0) is 11.4 Å². The van der Waals surface area contributed by atoms with Crippen molar-refractivity contribution in [2.24, 2.45) is 0 Å². The summed E-state index contributed by atoms with van der Waals surface area (Å²) in [6, 6.07) is 30.3. The Bertz CT molecular complexity index is 1460. The predicted molar refractivity (Wildman–Crippen MR) is 138 cm³/mol. The van der Waals surface area contributed by atoms with Gasteiger partial charge in [0.2, 0.25) is 0 Å². The van der Waals surface area contributed by atoms with Crippen LogP contribution in [0.4, 0.5) is 4.79 Å². The fraction of sp³-hybridized carbons (Fsp3) is 0.0690. The summed E-state index contributed by atoms with van der Waals surface area (Å²) in [4.78, 5) is 39.2. The number of carbonyl (C=O) groups is 3. The first-order chi connectivity index (χ1) is 17.1. The molecule has 0 unspecified atom stereocenters. The molecule has 1 aliphatic heterocycles. The molecular formula is C29H21NO4S. The molecule has 4 aromatic carbocycles. The van der Waals surface area contributed by atoms with E-state index in [1.807, 2.05) is 42.5 Å². The number of imide groups is 1. The molecular weight excluding hydrogens is 458 g/mol. The van der Waals surface area contributed by atoms with Gasteiger partial charge in [0.1, 0.15) is 12.4 Å². The fourth-order valence-corrected chi connectivity index (χ4v) is 4.69. The Morgan fingerprint density at radius 1 is 0.829 bits per heavy atom. The molecule has 0 spiro atoms. The normalized spacial score (nSPS) is 14.6. The third-order valence-corrected chi connectivity index (χ3v) is 6.59. The number of ether oxygens (including phenoxy) is 1. The Hall–Kier alpha value is -4.16. The zero-order valence-corrected chi connectivity index (χ0v) is 19.5. The second-order valence-corrected chi connectivity index (χ2v) is 9.06. The maximum absolute atomic E-state index is 12.9. The highest BCUT2D eigenvalue weighted by atomic mass is 32.2. The molecule has 0 aliphatic carbocycles. The van der Waals surface area contributed by atoms with Crippen molar-refractivity contribution < 1.29 is 19.1 Å². The van der Waals surface area contributed by atoms with Crippen molar-refractivity contribution in [1.82, 2.24) is 4.90 Å². The number of Topliss-reactive ketones (excluding diaryl/α,β-unsaturated/α-hetero) is 1. The molecule has 172 valence electrons. The van der Waals surface area contributed by atoms with Crippen molar-refractivity contribution in [3.63, 3.8) is 0 Å². The van der Waals surface area contributed by atoms with Gasteiger partial charge in [-0.1, -0.05) is 84.9 Å². The van der Waals surface area contributed by atoms with E-state index < -0.39 is 11.1 Å². The molecule has 6 heteroatoms. The number of hydrogen-bond acceptors (Lipinski definition) is 5. The number of hydrogen-bond donors (Lipinski definition) is 0. The molecule has 5 rings (SSSR count). The average Bonchev–Trinajstić information content (AvgIpc) is 3.15. The van der Waals surface area contributed by atoms with Crippen LogP contribution in [0.25, 0.3) is 16.8 Å². The van der Waals surface area contributed by atoms with Crippen LogP contribution in [0.15, 0.2) is 102 Å². The maximum Gasteiger partial charge on any atom is 0.293 e. The Labute approximate surface area is 207 Å². The number of amides is 2. The summed E-state index contributed by atoms with van der Waals surface area (Å²) in [6.07, 6.45) is 1.65. The third kappa shape index (κ3) is 5.03. The highest BCUT2D eigenvalue weighted by Crippen LogP contribution is 2.34. The van der Waals surface area contributed by atoms with E-state index in [1.54, 1.807) is 36.4 Å². The van der Waals surface area contributed by atoms with Crippen molar-refractivity contribution in [1.29, 1.82) is 0 Å². The van der Waals surface area contributed by atoms with Gasteiger partial charge in [0.15, 0.2) is 5.78 Å². The fourth-order valence-electron chi connectivity index (χ4n) is 3.86. The lowest BCUT2D eigenvalue weighted by Crippen LogP contribution is -2.33. The zero-order valence-electron chi connectivity index (χ0n) is 18.7. The van der Waals surface area contributed by atoms with Crippen LogP contribution in [0.2, 0.25) is 0 Å². The minimum Gasteiger partial charge on any atom is -0.488 e. The largest absolute Gasteiger partial charge is 0.488 e. The van der Waals surface area contributed by atoms with E-state index in [2.05, 4.69) is 24.3 Å². The van der Waals surface area contributed by atoms with E-state index in [0.717, 1.165) is 33.0 Å². The summed E-state index contributed by atoms with van der Waals surface area (Å²) < 4.78 is 6.08. The molecule has 1 fully saturated rings. The van der Waals surface area contributed by atoms with Crippen molar-refractivity contribution in [2.75, 3.05) is 6.54 Å². The van der Waals surface area contributed by atoms with E-state index in [4.69, 9.17) is 4.74 Å². The van der Waals surface area contributed by atoms with E-state index in [9.17, 15) is 14.4 Å². The molecule has 1 saturated heterocycles. The Morgan fingerprint density at radius 2 is 1.54 bits per heavy atom. The molecule has 0 aromatic heterocycles. The lowest BCUT2D eigenvalue weighted by Gasteiger charge is -2.12. The lowest BCUT2D eigenvalue weighted by atomic mass is 10.1. The second-order valence-electron chi connectivity index (χ2n) is 8.07. The van der Waals surface area contributed by atoms with Crippen LogP contribution in [-0.4, -0.2) is 28.4 Å². The van der Waals surface area contributed by atoms with E-state index in [0.29, 0.717) is 23.5 Å². The van der Waals surface area contributed by atoms with Crippen LogP contribution in [0, 0.1) is 0 Å². The summed E-state index contributed by atoms with van der Waals surface area (Å²) in [6.45, 7) is 0.0782. The Balaban J connectivity index is 1.32. The van der Waals surface area contributed by atoms with Gasteiger partial charge >= 0.3 is 0 Å². The molecule has 2 amide bonds. The minimum absolute atomic E-state index is 0.262. The Morgan fingerprint density at radius 3 is 2.37 bits per heavy atom. The minimum atomic E-state index is -0.478. The molecule has 0 saturated carbocycles. The van der Waals surface area contributed by atoms with E-state index in [-0.39, 0.29) is 17.2 Å². The van der Waals surface area contributed by atoms with Crippen molar-refractivity contribution in [3.8, 4) is 5.75 Å². The number of carbonyl (C=O) groups excluding carboxylic acids is 3. The number of thioether (sulfide) groups is 1. The van der Waals surface area contributed by atoms with Crippen LogP contribution < -0.4 is 4.74 Å². The lowest BCUT2D eigenvalue weighted by molar-refractivity contribution is -0.122. The topological polar surface area (TPSA) is 63.7 Å². The number of ketones is 1. The molecule has 0 radical (unpaired) electrons. The van der Waals surface area contributed by atoms with Gasteiger partial charge in [-0.05, 0) is 46.3 Å². The third-order valence-electron chi connectivity index (χ3n) is 5.68. The second kappa shape index (κ2) is 9.99. The molecule has 35 heavy (non-hydrogen) atoms. The van der Waals surface area contributed by atoms with Crippen molar-refractivity contribution in [3.05, 3.63) is 119 Å². The zero-order chi connectivity index (χ0) is 24.2. The van der Waals surface area contributed by atoms with Gasteiger partial charge < -0.3 is 4.74 Å². The highest BCUT2D eigenvalue weighted by molar-refractivity contribution is 8.18. The number of para-hydroxylation sites is 1. The summed E-state index contributed by atoms with van der Waals surface area (Å²) in [5.41, 5.74) is 2.18. The standard InChI is InChI=1S/C29H21NO4S/c31-25(22-9-2-1-3-10-22)18-30-28(32)27(35-29(30)33)17-24-12-6-7-13-26(24)34-19-20-14-15-21-8-4-5-11-23(21)16-20/h1-17H,18-19H2/b27-17-. The van der Waals surface area contributed by atoms with Gasteiger partial charge in [0.25, 0.3) is 11.1 Å². The predicted octanol–water partition coefficient (Wildman–Crippen LogP) is 6.34. The van der Waals surface area contributed by atoms with Crippen LogP contribution in [0.3, 0.4) is 0 Å².